The van der Waals surface area contributed by atoms with E-state index in [-0.39, 0.29) is 6.04 Å². The van der Waals surface area contributed by atoms with Crippen LogP contribution >= 0.6 is 34.2 Å². The number of hydrogen-bond donors (Lipinski definition) is 1. The predicted octanol–water partition coefficient (Wildman–Crippen LogP) is 3.21. The number of halogens is 2. The first-order valence-electron chi connectivity index (χ1n) is 5.35. The van der Waals surface area contributed by atoms with Gasteiger partial charge in [-0.2, -0.15) is 0 Å². The van der Waals surface area contributed by atoms with Gasteiger partial charge in [0, 0.05) is 22.5 Å². The molecule has 5 heteroatoms. The zero-order valence-electron chi connectivity index (χ0n) is 9.40. The third-order valence-electron chi connectivity index (χ3n) is 2.67. The fourth-order valence-electron chi connectivity index (χ4n) is 1.72. The number of benzene rings is 1. The Morgan fingerprint density at radius 2 is 2.29 bits per heavy atom. The minimum atomic E-state index is -0.237. The molecule has 1 atom stereocenters. The van der Waals surface area contributed by atoms with Crippen LogP contribution < -0.4 is 5.73 Å². The summed E-state index contributed by atoms with van der Waals surface area (Å²) in [6.45, 7) is 2.93. The molecule has 2 N–H and O–H groups in total. The molecule has 0 saturated carbocycles. The predicted molar refractivity (Wildman–Crippen MR) is 78.1 cm³/mol. The molecule has 1 unspecified atom stereocenters. The highest BCUT2D eigenvalue weighted by Gasteiger charge is 2.14. The Morgan fingerprint density at radius 3 is 2.94 bits per heavy atom. The fraction of sp³-hybridized carbons (Fsp3) is 0.250. The van der Waals surface area contributed by atoms with E-state index in [2.05, 4.69) is 34.5 Å². The molecule has 2 rings (SSSR count). The van der Waals surface area contributed by atoms with Gasteiger partial charge >= 0.3 is 0 Å². The SMILES string of the molecule is CCn1ccnc1C(N)c1ccc(I)c(Cl)c1. The quantitative estimate of drug-likeness (QED) is 0.853. The van der Waals surface area contributed by atoms with Crippen LogP contribution in [0.15, 0.2) is 30.6 Å². The first-order chi connectivity index (χ1) is 8.13. The van der Waals surface area contributed by atoms with Crippen molar-refractivity contribution in [3.05, 3.63) is 50.6 Å². The van der Waals surface area contributed by atoms with Gasteiger partial charge in [0.25, 0.3) is 0 Å². The molecule has 1 heterocycles. The van der Waals surface area contributed by atoms with Gasteiger partial charge in [-0.15, -0.1) is 0 Å². The summed E-state index contributed by atoms with van der Waals surface area (Å²) >= 11 is 8.30. The Bertz CT molecular complexity index is 524. The molecule has 0 saturated heterocycles. The standard InChI is InChI=1S/C12H13ClIN3/c1-2-17-6-5-16-12(17)11(15)8-3-4-10(14)9(13)7-8/h3-7,11H,2,15H2,1H3. The largest absolute Gasteiger partial charge is 0.334 e. The van der Waals surface area contributed by atoms with E-state index in [1.54, 1.807) is 6.20 Å². The molecule has 0 aliphatic rings. The number of aromatic nitrogens is 2. The van der Waals surface area contributed by atoms with Crippen molar-refractivity contribution in [3.8, 4) is 0 Å². The number of nitrogens with zero attached hydrogens (tertiary/aromatic N) is 2. The van der Waals surface area contributed by atoms with Gasteiger partial charge in [0.05, 0.1) is 11.1 Å². The minimum Gasteiger partial charge on any atom is -0.334 e. The molecule has 0 aliphatic carbocycles. The molecule has 0 fully saturated rings. The van der Waals surface area contributed by atoms with Crippen molar-refractivity contribution in [1.29, 1.82) is 0 Å². The Morgan fingerprint density at radius 1 is 1.53 bits per heavy atom. The maximum absolute atomic E-state index is 6.21. The van der Waals surface area contributed by atoms with Gasteiger partial charge in [0.2, 0.25) is 0 Å². The van der Waals surface area contributed by atoms with E-state index >= 15 is 0 Å². The lowest BCUT2D eigenvalue weighted by atomic mass is 10.1. The molecule has 0 radical (unpaired) electrons. The summed E-state index contributed by atoms with van der Waals surface area (Å²) in [6, 6.07) is 5.63. The third kappa shape index (κ3) is 2.64. The minimum absolute atomic E-state index is 0.237. The van der Waals surface area contributed by atoms with Crippen molar-refractivity contribution in [1.82, 2.24) is 9.55 Å². The summed E-state index contributed by atoms with van der Waals surface area (Å²) in [5.41, 5.74) is 7.19. The van der Waals surface area contributed by atoms with Crippen LogP contribution in [0.5, 0.6) is 0 Å². The highest BCUT2D eigenvalue weighted by atomic mass is 127. The monoisotopic (exact) mass is 361 g/mol. The van der Waals surface area contributed by atoms with Crippen molar-refractivity contribution in [2.24, 2.45) is 5.73 Å². The Balaban J connectivity index is 2.36. The van der Waals surface area contributed by atoms with Crippen LogP contribution in [0, 0.1) is 3.57 Å². The second-order valence-electron chi connectivity index (χ2n) is 3.72. The Kier molecular flexibility index (Phi) is 4.06. The average Bonchev–Trinajstić information content (AvgIpc) is 2.80. The van der Waals surface area contributed by atoms with Gasteiger partial charge in [-0.3, -0.25) is 0 Å². The van der Waals surface area contributed by atoms with Gasteiger partial charge in [-0.1, -0.05) is 17.7 Å². The lowest BCUT2D eigenvalue weighted by Crippen LogP contribution is -2.17. The van der Waals surface area contributed by atoms with Gasteiger partial charge in [0.1, 0.15) is 5.82 Å². The molecule has 0 aliphatic heterocycles. The number of hydrogen-bond acceptors (Lipinski definition) is 2. The van der Waals surface area contributed by atoms with Crippen molar-refractivity contribution < 1.29 is 0 Å². The molecule has 0 amide bonds. The second-order valence-corrected chi connectivity index (χ2v) is 5.29. The van der Waals surface area contributed by atoms with Crippen molar-refractivity contribution in [3.63, 3.8) is 0 Å². The molecular weight excluding hydrogens is 349 g/mol. The summed E-state index contributed by atoms with van der Waals surface area (Å²) in [5.74, 6) is 0.866. The first kappa shape index (κ1) is 12.9. The van der Waals surface area contributed by atoms with E-state index in [0.29, 0.717) is 0 Å². The van der Waals surface area contributed by atoms with Crippen LogP contribution in [0.25, 0.3) is 0 Å². The molecule has 1 aromatic heterocycles. The molecule has 0 spiro atoms. The normalized spacial score (nSPS) is 12.7. The lowest BCUT2D eigenvalue weighted by Gasteiger charge is -2.14. The highest BCUT2D eigenvalue weighted by Crippen LogP contribution is 2.25. The molecule has 2 aromatic rings. The summed E-state index contributed by atoms with van der Waals surface area (Å²) in [5, 5.41) is 0.730. The van der Waals surface area contributed by atoms with Gasteiger partial charge in [0.15, 0.2) is 0 Å². The van der Waals surface area contributed by atoms with E-state index in [1.165, 1.54) is 0 Å². The van der Waals surface area contributed by atoms with E-state index in [4.69, 9.17) is 17.3 Å². The van der Waals surface area contributed by atoms with E-state index < -0.39 is 0 Å². The highest BCUT2D eigenvalue weighted by molar-refractivity contribution is 14.1. The van der Waals surface area contributed by atoms with Gasteiger partial charge in [-0.05, 0) is 47.2 Å². The molecule has 3 nitrogen and oxygen atoms in total. The average molecular weight is 362 g/mol. The summed E-state index contributed by atoms with van der Waals surface area (Å²) in [6.07, 6.45) is 3.70. The number of imidazole rings is 1. The fourth-order valence-corrected chi connectivity index (χ4v) is 2.25. The number of nitrogens with two attached hydrogens (primary N) is 1. The van der Waals surface area contributed by atoms with Gasteiger partial charge in [-0.25, -0.2) is 4.98 Å². The first-order valence-corrected chi connectivity index (χ1v) is 6.80. The third-order valence-corrected chi connectivity index (χ3v) is 4.24. The topological polar surface area (TPSA) is 43.8 Å². The molecule has 17 heavy (non-hydrogen) atoms. The second kappa shape index (κ2) is 5.37. The maximum atomic E-state index is 6.21. The zero-order valence-corrected chi connectivity index (χ0v) is 12.3. The Hall–Kier alpha value is -0.590. The van der Waals surface area contributed by atoms with Crippen LogP contribution in [0.3, 0.4) is 0 Å². The van der Waals surface area contributed by atoms with Crippen molar-refractivity contribution >= 4 is 34.2 Å². The van der Waals surface area contributed by atoms with Crippen LogP contribution in [0.1, 0.15) is 24.4 Å². The summed E-state index contributed by atoms with van der Waals surface area (Å²) < 4.78 is 3.07. The smallest absolute Gasteiger partial charge is 0.130 e. The van der Waals surface area contributed by atoms with Crippen LogP contribution in [-0.4, -0.2) is 9.55 Å². The van der Waals surface area contributed by atoms with Crippen molar-refractivity contribution in [2.45, 2.75) is 19.5 Å². The Labute approximate surface area is 119 Å². The lowest BCUT2D eigenvalue weighted by molar-refractivity contribution is 0.656. The van der Waals surface area contributed by atoms with Crippen LogP contribution in [-0.2, 0) is 6.54 Å². The van der Waals surface area contributed by atoms with Gasteiger partial charge < -0.3 is 10.3 Å². The molecule has 0 bridgehead atoms. The van der Waals surface area contributed by atoms with E-state index in [0.717, 1.165) is 26.5 Å². The summed E-state index contributed by atoms with van der Waals surface area (Å²) in [4.78, 5) is 4.31. The maximum Gasteiger partial charge on any atom is 0.130 e. The van der Waals surface area contributed by atoms with Crippen LogP contribution in [0.4, 0.5) is 0 Å². The van der Waals surface area contributed by atoms with E-state index in [9.17, 15) is 0 Å². The molecule has 90 valence electrons. The van der Waals surface area contributed by atoms with Crippen LogP contribution in [0.2, 0.25) is 5.02 Å². The summed E-state index contributed by atoms with van der Waals surface area (Å²) in [7, 11) is 0. The number of rotatable bonds is 3. The number of aryl methyl sites for hydroxylation is 1. The van der Waals surface area contributed by atoms with Crippen molar-refractivity contribution in [2.75, 3.05) is 0 Å². The zero-order chi connectivity index (χ0) is 12.4. The molecule has 1 aromatic carbocycles. The van der Waals surface area contributed by atoms with E-state index in [1.807, 2.05) is 29.0 Å². The molecular formula is C12H13ClIN3.